The van der Waals surface area contributed by atoms with Crippen LogP contribution < -0.4 is 15.5 Å². The second-order valence-electron chi connectivity index (χ2n) is 12.4. The molecule has 240 valence electrons. The fourth-order valence-electron chi connectivity index (χ4n) is 4.96. The van der Waals surface area contributed by atoms with Gasteiger partial charge in [0.05, 0.1) is 40.8 Å². The lowest BCUT2D eigenvalue weighted by molar-refractivity contribution is 0.102. The molecule has 0 atom stereocenters. The molecule has 0 aliphatic rings. The van der Waals surface area contributed by atoms with Crippen LogP contribution in [0.2, 0.25) is 0 Å². The summed E-state index contributed by atoms with van der Waals surface area (Å²) in [4.78, 5) is 22.2. The zero-order valence-corrected chi connectivity index (χ0v) is 27.7. The van der Waals surface area contributed by atoms with E-state index in [4.69, 9.17) is 0 Å². The maximum Gasteiger partial charge on any atom is 0.258 e. The van der Waals surface area contributed by atoms with Crippen LogP contribution in [0.5, 0.6) is 0 Å². The highest BCUT2D eigenvalue weighted by molar-refractivity contribution is 6.05. The Kier molecular flexibility index (Phi) is 9.31. The number of nitrogens with zero attached hydrogens (tertiary/aromatic N) is 7. The van der Waals surface area contributed by atoms with Crippen molar-refractivity contribution < 1.29 is 9.18 Å². The average molecular weight is 632 g/mol. The molecule has 1 amide bonds. The van der Waals surface area contributed by atoms with E-state index in [-0.39, 0.29) is 5.56 Å². The number of imidazole rings is 1. The van der Waals surface area contributed by atoms with Gasteiger partial charge in [-0.3, -0.25) is 13.9 Å². The SMILES string of the molecule is Cc1cc(F)c(C(=O)Nc2cc(N(C)CCN(C)C)cc(C(C)(C)C#N)c2)cc1C#Cc1cnc2c(Nc3cnn(C)c3)cccn12. The van der Waals surface area contributed by atoms with Gasteiger partial charge in [0, 0.05) is 56.5 Å². The molecule has 0 aliphatic heterocycles. The van der Waals surface area contributed by atoms with E-state index in [0.29, 0.717) is 28.2 Å². The molecule has 0 bridgehead atoms. The summed E-state index contributed by atoms with van der Waals surface area (Å²) in [6.45, 7) is 6.96. The molecule has 0 fully saturated rings. The van der Waals surface area contributed by atoms with Gasteiger partial charge in [-0.25, -0.2) is 9.37 Å². The number of nitriles is 1. The van der Waals surface area contributed by atoms with E-state index in [1.807, 2.05) is 83.1 Å². The van der Waals surface area contributed by atoms with Crippen molar-refractivity contribution in [3.63, 3.8) is 0 Å². The zero-order chi connectivity index (χ0) is 33.9. The fraction of sp³-hybridized carbons (Fsp3) is 0.278. The molecule has 5 rings (SSSR count). The summed E-state index contributed by atoms with van der Waals surface area (Å²) < 4.78 is 18.8. The third-order valence-electron chi connectivity index (χ3n) is 7.90. The van der Waals surface area contributed by atoms with Crippen LogP contribution in [0.4, 0.5) is 27.1 Å². The summed E-state index contributed by atoms with van der Waals surface area (Å²) in [6.07, 6.45) is 7.13. The number of pyridine rings is 1. The highest BCUT2D eigenvalue weighted by Crippen LogP contribution is 2.31. The van der Waals surface area contributed by atoms with Crippen molar-refractivity contribution in [3.05, 3.63) is 101 Å². The molecule has 2 aromatic carbocycles. The van der Waals surface area contributed by atoms with Crippen molar-refractivity contribution in [3.8, 4) is 17.9 Å². The number of carbonyl (C=O) groups is 1. The number of benzene rings is 2. The number of fused-ring (bicyclic) bond motifs is 1. The molecule has 0 spiro atoms. The number of aryl methyl sites for hydroxylation is 2. The molecule has 0 radical (unpaired) electrons. The van der Waals surface area contributed by atoms with Crippen LogP contribution in [0.1, 0.15) is 46.6 Å². The Morgan fingerprint density at radius 2 is 1.85 bits per heavy atom. The van der Waals surface area contributed by atoms with Gasteiger partial charge >= 0.3 is 0 Å². The number of halogens is 1. The molecule has 0 saturated heterocycles. The molecule has 0 unspecified atom stereocenters. The van der Waals surface area contributed by atoms with Gasteiger partial charge < -0.3 is 20.4 Å². The van der Waals surface area contributed by atoms with Crippen LogP contribution in [0.15, 0.2) is 67.3 Å². The Bertz CT molecular complexity index is 2060. The molecule has 5 aromatic rings. The quantitative estimate of drug-likeness (QED) is 0.201. The standard InChI is InChI=1S/C36H38FN9O/c1-24-15-32(37)31(35(47)42-27-17-26(36(2,3)23-38)18-30(19-27)44(6)14-13-43(4)5)16-25(24)10-11-29-21-39-34-33(9-8-12-46(29)34)41-28-20-40-45(7)22-28/h8-9,12,15-22,41H,13-14H2,1-7H3,(H,42,47). The van der Waals surface area contributed by atoms with Gasteiger partial charge in [-0.15, -0.1) is 0 Å². The summed E-state index contributed by atoms with van der Waals surface area (Å²) in [7, 11) is 7.80. The van der Waals surface area contributed by atoms with Crippen LogP contribution in [-0.4, -0.2) is 64.2 Å². The number of anilines is 4. The predicted octanol–water partition coefficient (Wildman–Crippen LogP) is 5.71. The van der Waals surface area contributed by atoms with E-state index < -0.39 is 17.1 Å². The van der Waals surface area contributed by atoms with E-state index in [1.54, 1.807) is 30.1 Å². The van der Waals surface area contributed by atoms with Crippen LogP contribution in [0.25, 0.3) is 5.65 Å². The third kappa shape index (κ3) is 7.43. The first-order valence-corrected chi connectivity index (χ1v) is 15.1. The number of likely N-dealkylation sites (N-methyl/N-ethyl adjacent to an activating group) is 2. The summed E-state index contributed by atoms with van der Waals surface area (Å²) in [6, 6.07) is 14.5. The lowest BCUT2D eigenvalue weighted by Gasteiger charge is -2.25. The number of nitrogens with one attached hydrogen (secondary N) is 2. The Balaban J connectivity index is 1.43. The normalized spacial score (nSPS) is 11.2. The van der Waals surface area contributed by atoms with Gasteiger partial charge in [0.2, 0.25) is 0 Å². The highest BCUT2D eigenvalue weighted by atomic mass is 19.1. The second-order valence-corrected chi connectivity index (χ2v) is 12.4. The number of carbonyl (C=O) groups excluding carboxylic acids is 1. The molecule has 10 nitrogen and oxygen atoms in total. The molecule has 47 heavy (non-hydrogen) atoms. The highest BCUT2D eigenvalue weighted by Gasteiger charge is 2.23. The van der Waals surface area contributed by atoms with E-state index in [2.05, 4.69) is 48.4 Å². The molecular weight excluding hydrogens is 593 g/mol. The molecule has 3 aromatic heterocycles. The van der Waals surface area contributed by atoms with E-state index >= 15 is 4.39 Å². The Morgan fingerprint density at radius 3 is 2.55 bits per heavy atom. The van der Waals surface area contributed by atoms with Crippen molar-refractivity contribution in [2.24, 2.45) is 7.05 Å². The van der Waals surface area contributed by atoms with Gasteiger partial charge in [0.15, 0.2) is 5.65 Å². The maximum atomic E-state index is 15.2. The van der Waals surface area contributed by atoms with Crippen LogP contribution >= 0.6 is 0 Å². The second kappa shape index (κ2) is 13.4. The smallest absolute Gasteiger partial charge is 0.258 e. The summed E-state index contributed by atoms with van der Waals surface area (Å²) >= 11 is 0. The number of hydrogen-bond acceptors (Lipinski definition) is 7. The summed E-state index contributed by atoms with van der Waals surface area (Å²) in [5.74, 6) is 4.99. The summed E-state index contributed by atoms with van der Waals surface area (Å²) in [5.41, 5.74) is 5.17. The van der Waals surface area contributed by atoms with Gasteiger partial charge in [0.25, 0.3) is 5.91 Å². The van der Waals surface area contributed by atoms with Gasteiger partial charge in [-0.2, -0.15) is 10.4 Å². The van der Waals surface area contributed by atoms with Crippen LogP contribution in [0.3, 0.4) is 0 Å². The molecule has 3 heterocycles. The molecular formula is C36H38FN9O. The van der Waals surface area contributed by atoms with Crippen molar-refractivity contribution in [2.45, 2.75) is 26.2 Å². The molecule has 0 aliphatic carbocycles. The number of amides is 1. The van der Waals surface area contributed by atoms with Crippen LogP contribution in [0, 0.1) is 35.9 Å². The van der Waals surface area contributed by atoms with Crippen molar-refractivity contribution in [1.82, 2.24) is 24.1 Å². The van der Waals surface area contributed by atoms with E-state index in [9.17, 15) is 10.1 Å². The average Bonchev–Trinajstić information content (AvgIpc) is 3.65. The minimum atomic E-state index is -0.802. The first-order valence-electron chi connectivity index (χ1n) is 15.1. The topological polar surface area (TPSA) is 107 Å². The Morgan fingerprint density at radius 1 is 1.06 bits per heavy atom. The zero-order valence-electron chi connectivity index (χ0n) is 27.7. The molecule has 11 heteroatoms. The third-order valence-corrected chi connectivity index (χ3v) is 7.90. The largest absolute Gasteiger partial charge is 0.373 e. The van der Waals surface area contributed by atoms with Crippen LogP contribution in [-0.2, 0) is 12.5 Å². The predicted molar refractivity (Wildman–Crippen MR) is 184 cm³/mol. The first-order chi connectivity index (χ1) is 22.3. The molecule has 0 saturated carbocycles. The first kappa shape index (κ1) is 32.7. The van der Waals surface area contributed by atoms with Gasteiger partial charge in [0.1, 0.15) is 11.5 Å². The monoisotopic (exact) mass is 631 g/mol. The Hall–Kier alpha value is -5.65. The Labute approximate surface area is 274 Å². The lowest BCUT2D eigenvalue weighted by atomic mass is 9.85. The van der Waals surface area contributed by atoms with E-state index in [1.165, 1.54) is 12.1 Å². The maximum absolute atomic E-state index is 15.2. The van der Waals surface area contributed by atoms with Gasteiger partial charge in [-0.1, -0.05) is 5.92 Å². The minimum Gasteiger partial charge on any atom is -0.373 e. The number of aromatic nitrogens is 4. The van der Waals surface area contributed by atoms with Crippen molar-refractivity contribution in [1.29, 1.82) is 5.26 Å². The molecule has 2 N–H and O–H groups in total. The van der Waals surface area contributed by atoms with E-state index in [0.717, 1.165) is 35.7 Å². The van der Waals surface area contributed by atoms with Crippen molar-refractivity contribution >= 4 is 34.3 Å². The number of hydrogen-bond donors (Lipinski definition) is 2. The number of rotatable bonds is 9. The lowest BCUT2D eigenvalue weighted by Crippen LogP contribution is -2.29. The van der Waals surface area contributed by atoms with Crippen molar-refractivity contribution in [2.75, 3.05) is 49.8 Å². The summed E-state index contributed by atoms with van der Waals surface area (Å²) in [5, 5.41) is 20.2. The van der Waals surface area contributed by atoms with Gasteiger partial charge in [-0.05, 0) is 94.4 Å². The minimum absolute atomic E-state index is 0.131. The fourth-order valence-corrected chi connectivity index (χ4v) is 4.96.